The Morgan fingerprint density at radius 1 is 1.50 bits per heavy atom. The van der Waals surface area contributed by atoms with E-state index in [1.54, 1.807) is 18.5 Å². The van der Waals surface area contributed by atoms with Gasteiger partial charge in [0.15, 0.2) is 5.13 Å². The summed E-state index contributed by atoms with van der Waals surface area (Å²) in [5.74, 6) is 0. The number of nitrogens with zero attached hydrogens (tertiary/aromatic N) is 3. The smallest absolute Gasteiger partial charge is 0.181 e. The van der Waals surface area contributed by atoms with Crippen molar-refractivity contribution in [3.63, 3.8) is 0 Å². The Hall–Kier alpha value is -1.93. The van der Waals surface area contributed by atoms with Crippen molar-refractivity contribution in [3.8, 4) is 17.3 Å². The van der Waals surface area contributed by atoms with E-state index in [1.807, 2.05) is 6.07 Å². The molecule has 0 amide bonds. The van der Waals surface area contributed by atoms with E-state index in [1.165, 1.54) is 11.3 Å². The predicted octanol–water partition coefficient (Wildman–Crippen LogP) is 1.66. The van der Waals surface area contributed by atoms with Gasteiger partial charge in [0.1, 0.15) is 16.6 Å². The maximum absolute atomic E-state index is 8.84. The van der Waals surface area contributed by atoms with Crippen LogP contribution in [-0.2, 0) is 0 Å². The first kappa shape index (κ1) is 8.66. The van der Waals surface area contributed by atoms with E-state index in [4.69, 9.17) is 11.0 Å². The molecule has 0 radical (unpaired) electrons. The molecule has 0 atom stereocenters. The summed E-state index contributed by atoms with van der Waals surface area (Å²) in [6.07, 6.45) is 3.33. The van der Waals surface area contributed by atoms with Crippen LogP contribution >= 0.6 is 11.3 Å². The van der Waals surface area contributed by atoms with Crippen molar-refractivity contribution in [2.75, 3.05) is 5.73 Å². The van der Waals surface area contributed by atoms with Gasteiger partial charge in [-0.05, 0) is 12.1 Å². The van der Waals surface area contributed by atoms with E-state index in [9.17, 15) is 0 Å². The van der Waals surface area contributed by atoms with Crippen molar-refractivity contribution in [1.29, 1.82) is 5.26 Å². The van der Waals surface area contributed by atoms with Gasteiger partial charge < -0.3 is 5.73 Å². The summed E-state index contributed by atoms with van der Waals surface area (Å²) in [6, 6.07) is 5.71. The maximum atomic E-state index is 8.84. The minimum absolute atomic E-state index is 0.403. The summed E-state index contributed by atoms with van der Waals surface area (Å²) in [6.45, 7) is 0. The van der Waals surface area contributed by atoms with Gasteiger partial charge in [-0.15, -0.1) is 0 Å². The van der Waals surface area contributed by atoms with Crippen LogP contribution in [0.1, 0.15) is 4.88 Å². The van der Waals surface area contributed by atoms with Crippen molar-refractivity contribution in [2.24, 2.45) is 0 Å². The Morgan fingerprint density at radius 3 is 3.00 bits per heavy atom. The number of pyridine rings is 1. The Balaban J connectivity index is 2.58. The van der Waals surface area contributed by atoms with Crippen LogP contribution in [0.4, 0.5) is 5.13 Å². The fourth-order valence-corrected chi connectivity index (χ4v) is 1.76. The fraction of sp³-hybridized carbons (Fsp3) is 0. The minimum atomic E-state index is 0.403. The lowest BCUT2D eigenvalue weighted by molar-refractivity contribution is 1.30. The second kappa shape index (κ2) is 3.44. The Labute approximate surface area is 84.7 Å². The van der Waals surface area contributed by atoms with Crippen LogP contribution in [0, 0.1) is 11.3 Å². The molecule has 0 aliphatic rings. The van der Waals surface area contributed by atoms with Crippen LogP contribution in [0.3, 0.4) is 0 Å². The molecule has 0 aliphatic heterocycles. The maximum Gasteiger partial charge on any atom is 0.181 e. The molecule has 0 aromatic carbocycles. The molecule has 0 unspecified atom stereocenters. The van der Waals surface area contributed by atoms with E-state index >= 15 is 0 Å². The number of nitrogen functional groups attached to an aromatic ring is 1. The molecule has 0 aliphatic carbocycles. The van der Waals surface area contributed by atoms with Crippen LogP contribution < -0.4 is 5.73 Å². The summed E-state index contributed by atoms with van der Waals surface area (Å²) in [4.78, 5) is 8.57. The first-order chi connectivity index (χ1) is 6.81. The zero-order valence-electron chi connectivity index (χ0n) is 7.14. The monoisotopic (exact) mass is 202 g/mol. The van der Waals surface area contributed by atoms with Crippen LogP contribution in [-0.4, -0.2) is 9.97 Å². The van der Waals surface area contributed by atoms with Crippen LogP contribution in [0.15, 0.2) is 24.5 Å². The molecule has 14 heavy (non-hydrogen) atoms. The van der Waals surface area contributed by atoms with Crippen molar-refractivity contribution in [1.82, 2.24) is 9.97 Å². The number of rotatable bonds is 1. The van der Waals surface area contributed by atoms with E-state index in [2.05, 4.69) is 16.0 Å². The summed E-state index contributed by atoms with van der Waals surface area (Å²) in [5, 5.41) is 9.24. The first-order valence-corrected chi connectivity index (χ1v) is 4.69. The van der Waals surface area contributed by atoms with E-state index in [0.29, 0.717) is 15.7 Å². The lowest BCUT2D eigenvalue weighted by atomic mass is 10.2. The topological polar surface area (TPSA) is 75.6 Å². The van der Waals surface area contributed by atoms with Gasteiger partial charge in [-0.25, -0.2) is 4.98 Å². The highest BCUT2D eigenvalue weighted by Gasteiger charge is 2.10. The van der Waals surface area contributed by atoms with Crippen molar-refractivity contribution in [2.45, 2.75) is 0 Å². The molecule has 5 heteroatoms. The van der Waals surface area contributed by atoms with Gasteiger partial charge in [0.05, 0.1) is 0 Å². The van der Waals surface area contributed by atoms with Gasteiger partial charge in [-0.1, -0.05) is 11.3 Å². The molecule has 2 heterocycles. The highest BCUT2D eigenvalue weighted by molar-refractivity contribution is 7.16. The number of anilines is 1. The standard InChI is InChI=1S/C9H6N4S/c10-4-7-8(13-9(11)14-7)6-2-1-3-12-5-6/h1-3,5H,(H2,11,13). The van der Waals surface area contributed by atoms with Crippen molar-refractivity contribution in [3.05, 3.63) is 29.4 Å². The SMILES string of the molecule is N#Cc1sc(N)nc1-c1cccnc1. The Kier molecular flexibility index (Phi) is 2.13. The molecular formula is C9H6N4S. The molecule has 0 saturated carbocycles. The second-order valence-corrected chi connectivity index (χ2v) is 3.61. The largest absolute Gasteiger partial charge is 0.375 e. The van der Waals surface area contributed by atoms with Crippen LogP contribution in [0.2, 0.25) is 0 Å². The molecule has 2 N–H and O–H groups in total. The predicted molar refractivity (Wildman–Crippen MR) is 54.5 cm³/mol. The third kappa shape index (κ3) is 1.43. The molecule has 0 fully saturated rings. The molecule has 2 aromatic rings. The van der Waals surface area contributed by atoms with Gasteiger partial charge in [0.2, 0.25) is 0 Å². The number of hydrogen-bond donors (Lipinski definition) is 1. The summed E-state index contributed by atoms with van der Waals surface area (Å²) < 4.78 is 0. The zero-order valence-corrected chi connectivity index (χ0v) is 7.95. The lowest BCUT2D eigenvalue weighted by Gasteiger charge is -1.94. The average molecular weight is 202 g/mol. The van der Waals surface area contributed by atoms with Gasteiger partial charge >= 0.3 is 0 Å². The third-order valence-corrected chi connectivity index (χ3v) is 2.47. The van der Waals surface area contributed by atoms with Crippen LogP contribution in [0.5, 0.6) is 0 Å². The molecular weight excluding hydrogens is 196 g/mol. The summed E-state index contributed by atoms with van der Waals surface area (Å²) in [7, 11) is 0. The van der Waals surface area contributed by atoms with Crippen molar-refractivity contribution >= 4 is 16.5 Å². The third-order valence-electron chi connectivity index (χ3n) is 1.68. The molecule has 0 spiro atoms. The lowest BCUT2D eigenvalue weighted by Crippen LogP contribution is -1.84. The van der Waals surface area contributed by atoms with Gasteiger partial charge in [0, 0.05) is 18.0 Å². The molecule has 68 valence electrons. The summed E-state index contributed by atoms with van der Waals surface area (Å²) >= 11 is 1.19. The van der Waals surface area contributed by atoms with Crippen molar-refractivity contribution < 1.29 is 0 Å². The number of hydrogen-bond acceptors (Lipinski definition) is 5. The van der Waals surface area contributed by atoms with Crippen LogP contribution in [0.25, 0.3) is 11.3 Å². The summed E-state index contributed by atoms with van der Waals surface area (Å²) in [5.41, 5.74) is 6.96. The molecule has 2 aromatic heterocycles. The molecule has 2 rings (SSSR count). The molecule has 0 saturated heterocycles. The molecule has 4 nitrogen and oxygen atoms in total. The number of nitrogens with two attached hydrogens (primary N) is 1. The van der Waals surface area contributed by atoms with Gasteiger partial charge in [-0.3, -0.25) is 4.98 Å². The average Bonchev–Trinajstić information content (AvgIpc) is 2.61. The first-order valence-electron chi connectivity index (χ1n) is 3.88. The van der Waals surface area contributed by atoms with Gasteiger partial charge in [-0.2, -0.15) is 5.26 Å². The highest BCUT2D eigenvalue weighted by atomic mass is 32.1. The quantitative estimate of drug-likeness (QED) is 0.763. The van der Waals surface area contributed by atoms with E-state index in [-0.39, 0.29) is 0 Å². The van der Waals surface area contributed by atoms with E-state index < -0.39 is 0 Å². The second-order valence-electron chi connectivity index (χ2n) is 2.58. The van der Waals surface area contributed by atoms with Gasteiger partial charge in [0.25, 0.3) is 0 Å². The number of aromatic nitrogens is 2. The fourth-order valence-electron chi connectivity index (χ4n) is 1.11. The van der Waals surface area contributed by atoms with E-state index in [0.717, 1.165) is 5.56 Å². The molecule has 0 bridgehead atoms. The zero-order chi connectivity index (χ0) is 9.97. The Morgan fingerprint density at radius 2 is 2.36 bits per heavy atom. The number of nitriles is 1. The normalized spacial score (nSPS) is 9.64. The number of thiazole rings is 1. The Bertz CT molecular complexity index is 483. The highest BCUT2D eigenvalue weighted by Crippen LogP contribution is 2.27. The minimum Gasteiger partial charge on any atom is -0.375 e.